The van der Waals surface area contributed by atoms with Gasteiger partial charge in [-0.1, -0.05) is 0 Å². The van der Waals surface area contributed by atoms with Crippen LogP contribution >= 0.6 is 24.8 Å². The summed E-state index contributed by atoms with van der Waals surface area (Å²) in [4.78, 5) is 2.52. The fraction of sp³-hybridized carbons (Fsp3) is 1.00. The van der Waals surface area contributed by atoms with Crippen LogP contribution in [0.25, 0.3) is 0 Å². The lowest BCUT2D eigenvalue weighted by molar-refractivity contribution is 0.124. The normalized spacial score (nSPS) is 21.9. The quantitative estimate of drug-likeness (QED) is 0.739. The Morgan fingerprint density at radius 3 is 2.08 bits per heavy atom. The first-order chi connectivity index (χ1) is 5.01. The van der Waals surface area contributed by atoms with Gasteiger partial charge in [-0.05, 0) is 27.7 Å². The van der Waals surface area contributed by atoms with Crippen molar-refractivity contribution in [3.05, 3.63) is 0 Å². The molecule has 1 N–H and O–H groups in total. The molecule has 0 aromatic carbocycles. The Bertz CT molecular complexity index is 138. The molecule has 0 unspecified atom stereocenters. The number of nitrogens with zero attached hydrogens (tertiary/aromatic N) is 1. The van der Waals surface area contributed by atoms with Crippen molar-refractivity contribution in [3.8, 4) is 0 Å². The fourth-order valence-electron chi connectivity index (χ4n) is 1.62. The van der Waals surface area contributed by atoms with Crippen LogP contribution in [-0.4, -0.2) is 36.1 Å². The first kappa shape index (κ1) is 15.9. The maximum Gasteiger partial charge on any atom is 0.0252 e. The van der Waals surface area contributed by atoms with Gasteiger partial charge in [0.15, 0.2) is 0 Å². The molecule has 1 aliphatic heterocycles. The molecule has 82 valence electrons. The number of piperazine rings is 1. The molecule has 0 aromatic heterocycles. The maximum absolute atomic E-state index is 3.50. The highest BCUT2D eigenvalue weighted by Gasteiger charge is 2.26. The Balaban J connectivity index is 0. The minimum Gasteiger partial charge on any atom is -0.309 e. The molecule has 0 bridgehead atoms. The number of hydrogen-bond donors (Lipinski definition) is 1. The SMILES string of the molecule is CC(C)N1CCNC(C)(C)C1.Cl.Cl. The van der Waals surface area contributed by atoms with Crippen LogP contribution in [0.1, 0.15) is 27.7 Å². The second-order valence-electron chi connectivity index (χ2n) is 4.37. The van der Waals surface area contributed by atoms with E-state index < -0.39 is 0 Å². The molecule has 2 nitrogen and oxygen atoms in total. The van der Waals surface area contributed by atoms with Crippen LogP contribution in [-0.2, 0) is 0 Å². The van der Waals surface area contributed by atoms with E-state index >= 15 is 0 Å². The summed E-state index contributed by atoms with van der Waals surface area (Å²) in [5.74, 6) is 0. The van der Waals surface area contributed by atoms with E-state index in [4.69, 9.17) is 0 Å². The monoisotopic (exact) mass is 228 g/mol. The van der Waals surface area contributed by atoms with Gasteiger partial charge in [-0.2, -0.15) is 0 Å². The van der Waals surface area contributed by atoms with E-state index in [0.717, 1.165) is 6.54 Å². The van der Waals surface area contributed by atoms with Gasteiger partial charge in [0.05, 0.1) is 0 Å². The van der Waals surface area contributed by atoms with Gasteiger partial charge < -0.3 is 5.32 Å². The van der Waals surface area contributed by atoms with Crippen molar-refractivity contribution in [2.24, 2.45) is 0 Å². The van der Waals surface area contributed by atoms with Crippen LogP contribution in [0.5, 0.6) is 0 Å². The molecule has 1 heterocycles. The van der Waals surface area contributed by atoms with E-state index in [1.54, 1.807) is 0 Å². The zero-order valence-corrected chi connectivity index (χ0v) is 10.6. The van der Waals surface area contributed by atoms with Crippen molar-refractivity contribution >= 4 is 24.8 Å². The third kappa shape index (κ3) is 5.06. The maximum atomic E-state index is 3.50. The first-order valence-corrected chi connectivity index (χ1v) is 4.50. The zero-order valence-electron chi connectivity index (χ0n) is 8.96. The van der Waals surface area contributed by atoms with E-state index in [1.807, 2.05) is 0 Å². The van der Waals surface area contributed by atoms with Crippen LogP contribution in [0, 0.1) is 0 Å². The van der Waals surface area contributed by atoms with Crippen LogP contribution in [0.2, 0.25) is 0 Å². The summed E-state index contributed by atoms with van der Waals surface area (Å²) < 4.78 is 0. The largest absolute Gasteiger partial charge is 0.309 e. The Hall–Kier alpha value is 0.500. The van der Waals surface area contributed by atoms with Crippen molar-refractivity contribution in [1.82, 2.24) is 10.2 Å². The van der Waals surface area contributed by atoms with Crippen LogP contribution in [0.4, 0.5) is 0 Å². The first-order valence-electron chi connectivity index (χ1n) is 4.50. The second-order valence-corrected chi connectivity index (χ2v) is 4.37. The average molecular weight is 229 g/mol. The molecule has 0 aromatic rings. The molecular weight excluding hydrogens is 207 g/mol. The van der Waals surface area contributed by atoms with E-state index in [9.17, 15) is 0 Å². The summed E-state index contributed by atoms with van der Waals surface area (Å²) in [6.45, 7) is 12.6. The summed E-state index contributed by atoms with van der Waals surface area (Å²) in [7, 11) is 0. The predicted octanol–water partition coefficient (Wildman–Crippen LogP) is 1.92. The summed E-state index contributed by atoms with van der Waals surface area (Å²) in [6.07, 6.45) is 0. The van der Waals surface area contributed by atoms with Gasteiger partial charge in [-0.15, -0.1) is 24.8 Å². The molecule has 0 spiro atoms. The van der Waals surface area contributed by atoms with Gasteiger partial charge >= 0.3 is 0 Å². The topological polar surface area (TPSA) is 15.3 Å². The highest BCUT2D eigenvalue weighted by Crippen LogP contribution is 2.12. The van der Waals surface area contributed by atoms with Gasteiger partial charge in [0.1, 0.15) is 0 Å². The number of rotatable bonds is 1. The average Bonchev–Trinajstić information content (AvgIpc) is 1.85. The zero-order chi connectivity index (χ0) is 8.48. The Kier molecular flexibility index (Phi) is 7.45. The standard InChI is InChI=1S/C9H20N2.2ClH/c1-8(2)11-6-5-10-9(3,4)7-11;;/h8,10H,5-7H2,1-4H3;2*1H. The molecule has 1 fully saturated rings. The van der Waals surface area contributed by atoms with Crippen LogP contribution in [0.15, 0.2) is 0 Å². The van der Waals surface area contributed by atoms with Gasteiger partial charge in [-0.3, -0.25) is 4.90 Å². The van der Waals surface area contributed by atoms with Crippen molar-refractivity contribution in [2.45, 2.75) is 39.3 Å². The number of hydrogen-bond acceptors (Lipinski definition) is 2. The lowest BCUT2D eigenvalue weighted by Crippen LogP contribution is -2.58. The minimum atomic E-state index is 0. The predicted molar refractivity (Wildman–Crippen MR) is 63.3 cm³/mol. The van der Waals surface area contributed by atoms with Crippen molar-refractivity contribution < 1.29 is 0 Å². The summed E-state index contributed by atoms with van der Waals surface area (Å²) in [5, 5.41) is 3.50. The van der Waals surface area contributed by atoms with Crippen LogP contribution in [0.3, 0.4) is 0 Å². The van der Waals surface area contributed by atoms with Gasteiger partial charge in [0, 0.05) is 31.2 Å². The lowest BCUT2D eigenvalue weighted by atomic mass is 10.0. The van der Waals surface area contributed by atoms with Crippen molar-refractivity contribution in [1.29, 1.82) is 0 Å². The summed E-state index contributed by atoms with van der Waals surface area (Å²) >= 11 is 0. The Labute approximate surface area is 94.3 Å². The number of nitrogens with one attached hydrogen (secondary N) is 1. The molecule has 13 heavy (non-hydrogen) atoms. The van der Waals surface area contributed by atoms with Gasteiger partial charge in [0.2, 0.25) is 0 Å². The Morgan fingerprint density at radius 1 is 1.23 bits per heavy atom. The molecule has 0 atom stereocenters. The molecule has 4 heteroatoms. The molecule has 1 saturated heterocycles. The van der Waals surface area contributed by atoms with E-state index in [2.05, 4.69) is 37.9 Å². The lowest BCUT2D eigenvalue weighted by Gasteiger charge is -2.41. The van der Waals surface area contributed by atoms with Gasteiger partial charge in [-0.25, -0.2) is 0 Å². The molecule has 0 amide bonds. The van der Waals surface area contributed by atoms with E-state index in [-0.39, 0.29) is 24.8 Å². The molecule has 1 rings (SSSR count). The van der Waals surface area contributed by atoms with E-state index in [1.165, 1.54) is 13.1 Å². The van der Waals surface area contributed by atoms with Gasteiger partial charge in [0.25, 0.3) is 0 Å². The fourth-order valence-corrected chi connectivity index (χ4v) is 1.62. The molecular formula is C9H22Cl2N2. The Morgan fingerprint density at radius 2 is 1.77 bits per heavy atom. The summed E-state index contributed by atoms with van der Waals surface area (Å²) in [6, 6.07) is 0.691. The van der Waals surface area contributed by atoms with Crippen LogP contribution < -0.4 is 5.32 Å². The smallest absolute Gasteiger partial charge is 0.0252 e. The highest BCUT2D eigenvalue weighted by molar-refractivity contribution is 5.85. The highest BCUT2D eigenvalue weighted by atomic mass is 35.5. The molecule has 0 aliphatic carbocycles. The minimum absolute atomic E-state index is 0. The second kappa shape index (κ2) is 6.07. The van der Waals surface area contributed by atoms with E-state index in [0.29, 0.717) is 11.6 Å². The molecule has 0 saturated carbocycles. The van der Waals surface area contributed by atoms with Crippen molar-refractivity contribution in [2.75, 3.05) is 19.6 Å². The molecule has 1 aliphatic rings. The van der Waals surface area contributed by atoms with Crippen molar-refractivity contribution in [3.63, 3.8) is 0 Å². The number of halogens is 2. The third-order valence-corrected chi connectivity index (χ3v) is 2.33. The third-order valence-electron chi connectivity index (χ3n) is 2.33. The summed E-state index contributed by atoms with van der Waals surface area (Å²) in [5.41, 5.74) is 0.308. The molecule has 0 radical (unpaired) electrons.